The van der Waals surface area contributed by atoms with Gasteiger partial charge in [-0.05, 0) is 51.3 Å². The van der Waals surface area contributed by atoms with E-state index < -0.39 is 59.6 Å². The minimum Gasteiger partial charge on any atom is -0.495 e. The standard InChI is InChI=1S/C37H52ClN3O9S/c1-21-12-10-11-14-37(46)20-27(48-34(45)39-37)22(2)32-36(6,50-32)28(49-33(44)23(3)40(7)29(42)13-15-35(4,5)51)19-30(43)41(8)25-17-24(16-21)18-26(47-9)31(25)38/h10-12,17-18,22-23,27-28,32,46,51H,13-16,19-20H2,1-9H3,(H,39,45)/b11-10+,21-12-/t22-,23+,27+,28+,32+,36+,37-/m1/s1. The van der Waals surface area contributed by atoms with Gasteiger partial charge in [-0.25, -0.2) is 9.59 Å². The molecule has 2 N–H and O–H groups in total. The Bertz CT molecular complexity index is 1580. The number of benzene rings is 1. The molecule has 0 radical (unpaired) electrons. The minimum atomic E-state index is -1.57. The van der Waals surface area contributed by atoms with Crippen molar-refractivity contribution < 1.29 is 43.2 Å². The van der Waals surface area contributed by atoms with Gasteiger partial charge in [0.15, 0.2) is 0 Å². The lowest BCUT2D eigenvalue weighted by molar-refractivity contribution is -0.162. The summed E-state index contributed by atoms with van der Waals surface area (Å²) < 4.78 is 23.1. The van der Waals surface area contributed by atoms with Crippen LogP contribution in [0.4, 0.5) is 10.5 Å². The first kappa shape index (κ1) is 40.5. The van der Waals surface area contributed by atoms with Gasteiger partial charge in [0.1, 0.15) is 40.3 Å². The average Bonchev–Trinajstić information content (AvgIpc) is 3.75. The molecule has 1 aromatic rings. The molecule has 1 aromatic carbocycles. The molecule has 0 unspecified atom stereocenters. The molecule has 0 saturated carbocycles. The molecule has 12 nitrogen and oxygen atoms in total. The normalized spacial score (nSPS) is 30.8. The predicted octanol–water partition coefficient (Wildman–Crippen LogP) is 5.38. The molecule has 2 fully saturated rings. The van der Waals surface area contributed by atoms with Crippen molar-refractivity contribution in [3.63, 3.8) is 0 Å². The lowest BCUT2D eigenvalue weighted by Gasteiger charge is -2.39. The van der Waals surface area contributed by atoms with Crippen LogP contribution in [-0.2, 0) is 35.0 Å². The van der Waals surface area contributed by atoms with Crippen LogP contribution < -0.4 is 15.0 Å². The SMILES string of the molecule is COc1cc2cc(c1Cl)N(C)C(=O)C[C@H](OC(=O)[C@H](C)N(C)C(=O)CCC(C)(C)S)[C@]1(C)O[C@H]1[C@H](C)[C@@H]1C[C@](O)(C/C=C/C=C(/C)C2)NC(=O)O1. The maximum atomic E-state index is 14.1. The van der Waals surface area contributed by atoms with E-state index >= 15 is 0 Å². The number of epoxide rings is 1. The number of rotatable bonds is 7. The second-order valence-corrected chi connectivity index (χ2v) is 16.5. The number of esters is 1. The molecule has 0 aliphatic carbocycles. The van der Waals surface area contributed by atoms with E-state index in [2.05, 4.69) is 17.9 Å². The number of hydrogen-bond acceptors (Lipinski definition) is 10. The number of likely N-dealkylation sites (N-methyl/N-ethyl adjacent to an activating group) is 1. The van der Waals surface area contributed by atoms with Crippen molar-refractivity contribution in [2.45, 2.75) is 120 Å². The van der Waals surface area contributed by atoms with E-state index in [1.807, 2.05) is 45.9 Å². The largest absolute Gasteiger partial charge is 0.495 e. The minimum absolute atomic E-state index is 0.0756. The first-order valence-corrected chi connectivity index (χ1v) is 18.0. The molecule has 4 rings (SSSR count). The Balaban J connectivity index is 1.70. The molecule has 51 heavy (non-hydrogen) atoms. The van der Waals surface area contributed by atoms with E-state index in [1.165, 1.54) is 24.0 Å². The number of methoxy groups -OCH3 is 1. The molecule has 0 aromatic heterocycles. The molecular formula is C37H52ClN3O9S. The molecule has 14 heteroatoms. The quantitative estimate of drug-likeness (QED) is 0.190. The number of nitrogens with one attached hydrogen (secondary N) is 1. The van der Waals surface area contributed by atoms with Crippen molar-refractivity contribution in [3.05, 3.63) is 46.5 Å². The molecule has 3 heterocycles. The number of allylic oxidation sites excluding steroid dienone is 3. The Kier molecular flexibility index (Phi) is 12.5. The molecule has 3 amide bonds. The van der Waals surface area contributed by atoms with Crippen LogP contribution in [0, 0.1) is 5.92 Å². The Morgan fingerprint density at radius 1 is 1.29 bits per heavy atom. The zero-order chi connectivity index (χ0) is 38.1. The van der Waals surface area contributed by atoms with Crippen LogP contribution in [0.2, 0.25) is 5.02 Å². The number of thiol groups is 1. The zero-order valence-corrected chi connectivity index (χ0v) is 32.6. The Morgan fingerprint density at radius 3 is 2.63 bits per heavy atom. The Hall–Kier alpha value is -3.26. The van der Waals surface area contributed by atoms with Crippen molar-refractivity contribution in [2.75, 3.05) is 26.1 Å². The second kappa shape index (κ2) is 15.8. The van der Waals surface area contributed by atoms with E-state index in [0.717, 1.165) is 11.1 Å². The van der Waals surface area contributed by atoms with Gasteiger partial charge in [-0.2, -0.15) is 12.6 Å². The number of halogens is 1. The fourth-order valence-electron chi connectivity index (χ4n) is 6.54. The Labute approximate surface area is 311 Å². The number of amides is 3. The molecule has 4 bridgehead atoms. The van der Waals surface area contributed by atoms with E-state index in [-0.39, 0.29) is 41.4 Å². The molecule has 3 aliphatic heterocycles. The second-order valence-electron chi connectivity index (χ2n) is 14.9. The number of alkyl carbamates (subject to hydrolysis) is 1. The van der Waals surface area contributed by atoms with Crippen LogP contribution in [-0.4, -0.2) is 95.5 Å². The van der Waals surface area contributed by atoms with Crippen molar-refractivity contribution in [1.82, 2.24) is 10.2 Å². The van der Waals surface area contributed by atoms with Crippen molar-refractivity contribution in [3.8, 4) is 5.75 Å². The highest BCUT2D eigenvalue weighted by Crippen LogP contribution is 2.49. The third kappa shape index (κ3) is 9.79. The Morgan fingerprint density at radius 2 is 1.98 bits per heavy atom. The summed E-state index contributed by atoms with van der Waals surface area (Å²) in [5.74, 6) is -1.45. The third-order valence-electron chi connectivity index (χ3n) is 10.1. The topological polar surface area (TPSA) is 147 Å². The van der Waals surface area contributed by atoms with Gasteiger partial charge in [0.2, 0.25) is 11.8 Å². The van der Waals surface area contributed by atoms with Gasteiger partial charge in [-0.15, -0.1) is 0 Å². The summed E-state index contributed by atoms with van der Waals surface area (Å²) >= 11 is 11.2. The van der Waals surface area contributed by atoms with E-state index in [1.54, 1.807) is 33.0 Å². The van der Waals surface area contributed by atoms with Crippen molar-refractivity contribution in [2.24, 2.45) is 5.92 Å². The average molecular weight is 750 g/mol. The summed E-state index contributed by atoms with van der Waals surface area (Å²) in [6.07, 6.45) is 3.39. The summed E-state index contributed by atoms with van der Waals surface area (Å²) in [6, 6.07) is 2.65. The highest BCUT2D eigenvalue weighted by atomic mass is 35.5. The van der Waals surface area contributed by atoms with Gasteiger partial charge in [-0.3, -0.25) is 14.9 Å². The number of ether oxygens (including phenoxy) is 4. The van der Waals surface area contributed by atoms with Crippen LogP contribution in [0.15, 0.2) is 35.9 Å². The first-order valence-electron chi connectivity index (χ1n) is 17.2. The van der Waals surface area contributed by atoms with Crippen LogP contribution >= 0.6 is 24.2 Å². The van der Waals surface area contributed by atoms with E-state index in [0.29, 0.717) is 24.3 Å². The maximum Gasteiger partial charge on any atom is 0.409 e. The van der Waals surface area contributed by atoms with Crippen LogP contribution in [0.1, 0.15) is 79.2 Å². The fourth-order valence-corrected chi connectivity index (χ4v) is 6.96. The summed E-state index contributed by atoms with van der Waals surface area (Å²) in [6.45, 7) is 10.9. The summed E-state index contributed by atoms with van der Waals surface area (Å²) in [4.78, 5) is 56.1. The van der Waals surface area contributed by atoms with Gasteiger partial charge in [0.05, 0.1) is 25.3 Å². The fraction of sp³-hybridized carbons (Fsp3) is 0.622. The number of carbonyl (C=O) groups excluding carboxylic acids is 4. The molecule has 0 spiro atoms. The van der Waals surface area contributed by atoms with Gasteiger partial charge < -0.3 is 33.9 Å². The van der Waals surface area contributed by atoms with Gasteiger partial charge >= 0.3 is 12.1 Å². The summed E-state index contributed by atoms with van der Waals surface area (Å²) in [7, 11) is 4.62. The van der Waals surface area contributed by atoms with Gasteiger partial charge in [0.25, 0.3) is 0 Å². The predicted molar refractivity (Wildman–Crippen MR) is 197 cm³/mol. The lowest BCUT2D eigenvalue weighted by Crippen LogP contribution is -2.57. The van der Waals surface area contributed by atoms with Crippen LogP contribution in [0.5, 0.6) is 5.75 Å². The number of nitrogens with zero attached hydrogens (tertiary/aromatic N) is 2. The molecule has 2 saturated heterocycles. The van der Waals surface area contributed by atoms with Crippen molar-refractivity contribution >= 4 is 53.8 Å². The highest BCUT2D eigenvalue weighted by molar-refractivity contribution is 7.81. The monoisotopic (exact) mass is 749 g/mol. The maximum absolute atomic E-state index is 14.1. The smallest absolute Gasteiger partial charge is 0.409 e. The molecule has 282 valence electrons. The number of aliphatic hydroxyl groups is 1. The number of anilines is 1. The molecule has 3 aliphatic rings. The molecular weight excluding hydrogens is 698 g/mol. The van der Waals surface area contributed by atoms with Crippen LogP contribution in [0.25, 0.3) is 0 Å². The van der Waals surface area contributed by atoms with E-state index in [4.69, 9.17) is 30.5 Å². The first-order chi connectivity index (χ1) is 23.7. The zero-order valence-electron chi connectivity index (χ0n) is 30.9. The van der Waals surface area contributed by atoms with Crippen LogP contribution in [0.3, 0.4) is 0 Å². The van der Waals surface area contributed by atoms with Gasteiger partial charge in [-0.1, -0.05) is 56.2 Å². The third-order valence-corrected chi connectivity index (χ3v) is 10.7. The summed E-state index contributed by atoms with van der Waals surface area (Å²) in [5, 5.41) is 14.2. The number of fused-ring (bicyclic) bond motifs is 5. The van der Waals surface area contributed by atoms with Gasteiger partial charge in [0, 0.05) is 44.0 Å². The molecule has 7 atom stereocenters. The summed E-state index contributed by atoms with van der Waals surface area (Å²) in [5.41, 5.74) is -0.521. The van der Waals surface area contributed by atoms with E-state index in [9.17, 15) is 24.3 Å². The lowest BCUT2D eigenvalue weighted by atomic mass is 9.84. The number of hydrogen-bond donors (Lipinski definition) is 3. The highest BCUT2D eigenvalue weighted by Gasteiger charge is 2.64. The van der Waals surface area contributed by atoms with Crippen molar-refractivity contribution in [1.29, 1.82) is 0 Å². The number of carbonyl (C=O) groups is 4.